The highest BCUT2D eigenvalue weighted by Gasteiger charge is 1.75. The topological polar surface area (TPSA) is 18.5 Å². The lowest BCUT2D eigenvalue weighted by Crippen LogP contribution is -1.85. The Bertz CT molecular complexity index is 69.3. The first kappa shape index (κ1) is 8.66. The van der Waals surface area contributed by atoms with E-state index in [9.17, 15) is 0 Å². The van der Waals surface area contributed by atoms with Crippen molar-refractivity contribution in [2.45, 2.75) is 6.42 Å². The van der Waals surface area contributed by atoms with Gasteiger partial charge < -0.3 is 9.47 Å². The number of hydrogen-bond donors (Lipinski definition) is 0. The molecule has 0 aromatic carbocycles. The molecule has 0 atom stereocenters. The van der Waals surface area contributed by atoms with E-state index in [1.807, 2.05) is 12.2 Å². The Kier molecular flexibility index (Phi) is 7.37. The lowest BCUT2D eigenvalue weighted by atomic mass is 10.4. The molecule has 0 N–H and O–H groups in total. The Morgan fingerprint density at radius 2 is 1.89 bits per heavy atom. The number of hydrogen-bond acceptors (Lipinski definition) is 2. The molecule has 0 aliphatic carbocycles. The van der Waals surface area contributed by atoms with Gasteiger partial charge in [-0.15, -0.1) is 0 Å². The van der Waals surface area contributed by atoms with E-state index in [1.165, 1.54) is 0 Å². The van der Waals surface area contributed by atoms with E-state index in [2.05, 4.69) is 0 Å². The van der Waals surface area contributed by atoms with Gasteiger partial charge in [0, 0.05) is 20.8 Å². The van der Waals surface area contributed by atoms with Crippen LogP contribution in [0.25, 0.3) is 0 Å². The van der Waals surface area contributed by atoms with Crippen LogP contribution in [0.3, 0.4) is 0 Å². The molecule has 0 fully saturated rings. The van der Waals surface area contributed by atoms with Gasteiger partial charge >= 0.3 is 0 Å². The van der Waals surface area contributed by atoms with Crippen LogP contribution in [0.4, 0.5) is 0 Å². The van der Waals surface area contributed by atoms with Gasteiger partial charge in [-0.05, 0) is 6.42 Å². The van der Waals surface area contributed by atoms with Crippen LogP contribution < -0.4 is 0 Å². The average Bonchev–Trinajstić information content (AvgIpc) is 1.89. The predicted molar refractivity (Wildman–Crippen MR) is 37.5 cm³/mol. The maximum absolute atomic E-state index is 4.83. The molecule has 0 aromatic heterocycles. The molecule has 0 saturated carbocycles. The molecule has 0 aromatic rings. The molecule has 9 heavy (non-hydrogen) atoms. The summed E-state index contributed by atoms with van der Waals surface area (Å²) in [4.78, 5) is 0. The Balaban J connectivity index is 2.86. The molecule has 2 heteroatoms. The van der Waals surface area contributed by atoms with E-state index in [-0.39, 0.29) is 0 Å². The van der Waals surface area contributed by atoms with Crippen LogP contribution in [-0.4, -0.2) is 27.4 Å². The Morgan fingerprint density at radius 3 is 2.44 bits per heavy atom. The standard InChI is InChI=1S/C7H14O2/c1-8-6-4-3-5-7-9-2/h3-4H,5-7H2,1-2H3/b4-3-. The third kappa shape index (κ3) is 7.66. The van der Waals surface area contributed by atoms with E-state index in [4.69, 9.17) is 9.47 Å². The maximum atomic E-state index is 4.83. The number of methoxy groups -OCH3 is 2. The van der Waals surface area contributed by atoms with Gasteiger partial charge in [-0.2, -0.15) is 0 Å². The molecule has 54 valence electrons. The summed E-state index contributed by atoms with van der Waals surface area (Å²) in [7, 11) is 3.38. The highest BCUT2D eigenvalue weighted by Crippen LogP contribution is 1.82. The van der Waals surface area contributed by atoms with E-state index in [1.54, 1.807) is 14.2 Å². The molecule has 0 radical (unpaired) electrons. The second-order valence-corrected chi connectivity index (χ2v) is 1.71. The second kappa shape index (κ2) is 7.66. The molecule has 0 spiro atoms. The fraction of sp³-hybridized carbons (Fsp3) is 0.714. The van der Waals surface area contributed by atoms with Gasteiger partial charge in [-0.1, -0.05) is 12.2 Å². The molecule has 0 heterocycles. The maximum Gasteiger partial charge on any atom is 0.0643 e. The van der Waals surface area contributed by atoms with E-state index in [0.717, 1.165) is 13.0 Å². The zero-order chi connectivity index (χ0) is 6.95. The minimum Gasteiger partial charge on any atom is -0.384 e. The third-order valence-electron chi connectivity index (χ3n) is 0.918. The molecule has 0 amide bonds. The molecule has 0 unspecified atom stereocenters. The molecular formula is C7H14O2. The molecule has 0 aliphatic rings. The van der Waals surface area contributed by atoms with Crippen molar-refractivity contribution in [1.29, 1.82) is 0 Å². The third-order valence-corrected chi connectivity index (χ3v) is 0.918. The van der Waals surface area contributed by atoms with Crippen LogP contribution in [-0.2, 0) is 9.47 Å². The molecule has 0 saturated heterocycles. The number of ether oxygens (including phenoxy) is 2. The van der Waals surface area contributed by atoms with Crippen molar-refractivity contribution in [3.05, 3.63) is 12.2 Å². The Hall–Kier alpha value is -0.340. The van der Waals surface area contributed by atoms with E-state index < -0.39 is 0 Å². The van der Waals surface area contributed by atoms with Gasteiger partial charge in [0.2, 0.25) is 0 Å². The minimum atomic E-state index is 0.698. The first-order valence-corrected chi connectivity index (χ1v) is 3.04. The normalized spacial score (nSPS) is 10.9. The van der Waals surface area contributed by atoms with Gasteiger partial charge in [-0.3, -0.25) is 0 Å². The van der Waals surface area contributed by atoms with Crippen LogP contribution in [0.1, 0.15) is 6.42 Å². The first-order valence-electron chi connectivity index (χ1n) is 3.04. The summed E-state index contributed by atoms with van der Waals surface area (Å²) in [6.45, 7) is 1.49. The van der Waals surface area contributed by atoms with Crippen molar-refractivity contribution in [3.63, 3.8) is 0 Å². The molecule has 0 aliphatic heterocycles. The lowest BCUT2D eigenvalue weighted by Gasteiger charge is -1.90. The van der Waals surface area contributed by atoms with Crippen LogP contribution in [0, 0.1) is 0 Å². The van der Waals surface area contributed by atoms with Crippen molar-refractivity contribution < 1.29 is 9.47 Å². The summed E-state index contributed by atoms with van der Waals surface area (Å²) >= 11 is 0. The lowest BCUT2D eigenvalue weighted by molar-refractivity contribution is 0.203. The summed E-state index contributed by atoms with van der Waals surface area (Å²) in [5, 5.41) is 0. The van der Waals surface area contributed by atoms with Gasteiger partial charge in [0.15, 0.2) is 0 Å². The Morgan fingerprint density at radius 1 is 1.11 bits per heavy atom. The van der Waals surface area contributed by atoms with Gasteiger partial charge in [0.05, 0.1) is 6.61 Å². The van der Waals surface area contributed by atoms with Crippen molar-refractivity contribution in [2.24, 2.45) is 0 Å². The summed E-state index contributed by atoms with van der Waals surface area (Å²) in [6, 6.07) is 0. The van der Waals surface area contributed by atoms with E-state index in [0.29, 0.717) is 6.61 Å². The van der Waals surface area contributed by atoms with Crippen LogP contribution >= 0.6 is 0 Å². The monoisotopic (exact) mass is 130 g/mol. The highest BCUT2D eigenvalue weighted by molar-refractivity contribution is 4.80. The SMILES string of the molecule is COC/C=C\CCOC. The van der Waals surface area contributed by atoms with Crippen molar-refractivity contribution in [3.8, 4) is 0 Å². The van der Waals surface area contributed by atoms with Crippen molar-refractivity contribution >= 4 is 0 Å². The minimum absolute atomic E-state index is 0.698. The molecule has 2 nitrogen and oxygen atoms in total. The molecular weight excluding hydrogens is 116 g/mol. The summed E-state index contributed by atoms with van der Waals surface area (Å²) < 4.78 is 9.62. The summed E-state index contributed by atoms with van der Waals surface area (Å²) in [5.74, 6) is 0. The number of rotatable bonds is 5. The van der Waals surface area contributed by atoms with Gasteiger partial charge in [-0.25, -0.2) is 0 Å². The molecule has 0 bridgehead atoms. The zero-order valence-electron chi connectivity index (χ0n) is 6.09. The second-order valence-electron chi connectivity index (χ2n) is 1.71. The van der Waals surface area contributed by atoms with Crippen molar-refractivity contribution in [2.75, 3.05) is 27.4 Å². The summed E-state index contributed by atoms with van der Waals surface area (Å²) in [5.41, 5.74) is 0. The fourth-order valence-electron chi connectivity index (χ4n) is 0.468. The average molecular weight is 130 g/mol. The highest BCUT2D eigenvalue weighted by atomic mass is 16.5. The summed E-state index contributed by atoms with van der Waals surface area (Å²) in [6.07, 6.45) is 5.01. The zero-order valence-corrected chi connectivity index (χ0v) is 6.09. The van der Waals surface area contributed by atoms with Gasteiger partial charge in [0.25, 0.3) is 0 Å². The van der Waals surface area contributed by atoms with Crippen molar-refractivity contribution in [1.82, 2.24) is 0 Å². The predicted octanol–water partition coefficient (Wildman–Crippen LogP) is 1.23. The molecule has 0 rings (SSSR count). The van der Waals surface area contributed by atoms with Crippen LogP contribution in [0.15, 0.2) is 12.2 Å². The Labute approximate surface area is 56.5 Å². The smallest absolute Gasteiger partial charge is 0.0643 e. The van der Waals surface area contributed by atoms with Crippen LogP contribution in [0.5, 0.6) is 0 Å². The van der Waals surface area contributed by atoms with Gasteiger partial charge in [0.1, 0.15) is 0 Å². The van der Waals surface area contributed by atoms with E-state index >= 15 is 0 Å². The quantitative estimate of drug-likeness (QED) is 0.411. The van der Waals surface area contributed by atoms with Crippen LogP contribution in [0.2, 0.25) is 0 Å². The fourth-order valence-corrected chi connectivity index (χ4v) is 0.468. The largest absolute Gasteiger partial charge is 0.384 e. The first-order chi connectivity index (χ1) is 4.41.